The van der Waals surface area contributed by atoms with Gasteiger partial charge < -0.3 is 41.0 Å². The van der Waals surface area contributed by atoms with Gasteiger partial charge in [-0.1, -0.05) is 27.7 Å². The van der Waals surface area contributed by atoms with Crippen molar-refractivity contribution in [3.63, 3.8) is 0 Å². The number of aliphatic hydroxyl groups is 4. The second-order valence-corrected chi connectivity index (χ2v) is 19.8. The van der Waals surface area contributed by atoms with Gasteiger partial charge in [-0.2, -0.15) is 0 Å². The quantitative estimate of drug-likeness (QED) is 0.203. The Labute approximate surface area is 299 Å². The molecule has 8 aliphatic rings. The summed E-state index contributed by atoms with van der Waals surface area (Å²) in [7, 11) is 0. The molecule has 0 bridgehead atoms. The average Bonchev–Trinajstić information content (AvgIpc) is 3.86. The van der Waals surface area contributed by atoms with E-state index in [-0.39, 0.29) is 53.7 Å². The van der Waals surface area contributed by atoms with Crippen LogP contribution in [0.25, 0.3) is 0 Å². The molecule has 282 valence electrons. The number of hydrogen-bond donors (Lipinski definition) is 6. The van der Waals surface area contributed by atoms with E-state index in [1.807, 2.05) is 13.8 Å². The lowest BCUT2D eigenvalue weighted by Crippen LogP contribution is -2.65. The van der Waals surface area contributed by atoms with Crippen LogP contribution in [0.4, 0.5) is 0 Å². The van der Waals surface area contributed by atoms with Gasteiger partial charge in [-0.15, -0.1) is 0 Å². The summed E-state index contributed by atoms with van der Waals surface area (Å²) in [4.78, 5) is 14.3. The first-order chi connectivity index (χ1) is 23.6. The highest BCUT2D eigenvalue weighted by Gasteiger charge is 2.78. The number of Topliss-reactive ketones (excluding diaryl/α,β-unsaturated/α-hetero) is 1. The van der Waals surface area contributed by atoms with Crippen molar-refractivity contribution in [3.05, 3.63) is 11.1 Å². The highest BCUT2D eigenvalue weighted by Crippen LogP contribution is 2.75. The largest absolute Gasteiger partial charge is 0.396 e. The van der Waals surface area contributed by atoms with Crippen LogP contribution < -0.4 is 11.1 Å². The molecule has 0 aromatic carbocycles. The van der Waals surface area contributed by atoms with Crippen LogP contribution >= 0.6 is 0 Å². The van der Waals surface area contributed by atoms with E-state index in [2.05, 4.69) is 26.1 Å². The van der Waals surface area contributed by atoms with Gasteiger partial charge >= 0.3 is 0 Å². The molecule has 7 N–H and O–H groups in total. The third kappa shape index (κ3) is 4.89. The standard InChI is InChI=1S/C41H66N2O7/c1-23-12-17-49-40(21-23,35-34(50-35)39(5,47)36(2,22-44)13-8-24-11-16-43-31(42)18-24)30-19-25-6-7-27-32-28(10-15-38(30,4)41(25,32)48)37(3)14-9-26(45)20-29(37)33(27)46/h23-26,28-31,34-35,43-45,47-48H,6-22,42H2,1-5H3. The zero-order valence-corrected chi connectivity index (χ0v) is 31.4. The molecule has 0 aromatic heterocycles. The van der Waals surface area contributed by atoms with Gasteiger partial charge in [0.25, 0.3) is 0 Å². The summed E-state index contributed by atoms with van der Waals surface area (Å²) < 4.78 is 13.8. The van der Waals surface area contributed by atoms with Crippen molar-refractivity contribution in [2.75, 3.05) is 19.8 Å². The number of fused-ring (bicyclic) bond motifs is 2. The van der Waals surface area contributed by atoms with Crippen LogP contribution in [0.2, 0.25) is 0 Å². The number of ether oxygens (including phenoxy) is 2. The summed E-state index contributed by atoms with van der Waals surface area (Å²) in [5, 5.41) is 50.8. The molecule has 0 spiro atoms. The Kier molecular flexibility index (Phi) is 8.69. The van der Waals surface area contributed by atoms with E-state index in [4.69, 9.17) is 15.2 Å². The van der Waals surface area contributed by atoms with Crippen molar-refractivity contribution in [3.8, 4) is 0 Å². The predicted octanol–water partition coefficient (Wildman–Crippen LogP) is 4.38. The summed E-state index contributed by atoms with van der Waals surface area (Å²) >= 11 is 0. The summed E-state index contributed by atoms with van der Waals surface area (Å²) in [6.45, 7) is 12.1. The fraction of sp³-hybridized carbons (Fsp3) is 0.927. The van der Waals surface area contributed by atoms with E-state index < -0.39 is 39.8 Å². The molecule has 9 heteroatoms. The number of carbonyl (C=O) groups is 1. The van der Waals surface area contributed by atoms with Gasteiger partial charge in [0.1, 0.15) is 17.8 Å². The maximum Gasteiger partial charge on any atom is 0.162 e. The number of rotatable bonds is 8. The lowest BCUT2D eigenvalue weighted by molar-refractivity contribution is -0.197. The molecule has 16 unspecified atom stereocenters. The van der Waals surface area contributed by atoms with Crippen LogP contribution in [-0.4, -0.2) is 87.2 Å². The van der Waals surface area contributed by atoms with Crippen molar-refractivity contribution < 1.29 is 34.7 Å². The van der Waals surface area contributed by atoms with Crippen LogP contribution in [0.3, 0.4) is 0 Å². The monoisotopic (exact) mass is 698 g/mol. The zero-order valence-electron chi connectivity index (χ0n) is 31.4. The minimum atomic E-state index is -1.29. The highest BCUT2D eigenvalue weighted by atomic mass is 16.6. The molecule has 5 aliphatic carbocycles. The van der Waals surface area contributed by atoms with Crippen molar-refractivity contribution in [2.24, 2.45) is 57.5 Å². The Morgan fingerprint density at radius 2 is 1.82 bits per heavy atom. The predicted molar refractivity (Wildman–Crippen MR) is 190 cm³/mol. The van der Waals surface area contributed by atoms with Gasteiger partial charge in [0.2, 0.25) is 0 Å². The molecule has 6 fully saturated rings. The molecule has 9 nitrogen and oxygen atoms in total. The van der Waals surface area contributed by atoms with E-state index in [9.17, 15) is 25.2 Å². The number of epoxide rings is 1. The van der Waals surface area contributed by atoms with Crippen LogP contribution in [0, 0.1) is 51.8 Å². The number of ketones is 1. The minimum Gasteiger partial charge on any atom is -0.396 e. The molecule has 0 radical (unpaired) electrons. The SMILES string of the molecule is CC1CCOC(C2OC2C(C)(O)C(C)(CO)CCC2CCNC(N)C2)(C2CC3CCC4=C5C(CCC2(C)C53O)C2(C)CCC(O)CC2C4=O)C1. The Morgan fingerprint density at radius 1 is 1.04 bits per heavy atom. The first-order valence-corrected chi connectivity index (χ1v) is 20.4. The lowest BCUT2D eigenvalue weighted by atomic mass is 9.42. The first kappa shape index (κ1) is 36.1. The first-order valence-electron chi connectivity index (χ1n) is 20.4. The molecular weight excluding hydrogens is 632 g/mol. The van der Waals surface area contributed by atoms with Crippen LogP contribution in [0.15, 0.2) is 11.1 Å². The Balaban J connectivity index is 1.12. The molecular formula is C41H66N2O7. The van der Waals surface area contributed by atoms with Crippen LogP contribution in [-0.2, 0) is 14.3 Å². The van der Waals surface area contributed by atoms with Gasteiger partial charge in [0, 0.05) is 23.4 Å². The molecule has 0 amide bonds. The lowest BCUT2D eigenvalue weighted by Gasteiger charge is -2.63. The normalized spacial score (nSPS) is 52.5. The Hall–Kier alpha value is -0.910. The molecule has 3 heterocycles. The van der Waals surface area contributed by atoms with Crippen LogP contribution in [0.1, 0.15) is 125 Å². The number of nitrogens with two attached hydrogens (primary N) is 1. The van der Waals surface area contributed by atoms with Gasteiger partial charge in [-0.25, -0.2) is 0 Å². The molecule has 3 saturated heterocycles. The summed E-state index contributed by atoms with van der Waals surface area (Å²) in [5.74, 6) is 1.07. The van der Waals surface area contributed by atoms with Gasteiger partial charge in [-0.05, 0) is 150 Å². The molecule has 0 aromatic rings. The summed E-state index contributed by atoms with van der Waals surface area (Å²) in [6.07, 6.45) is 10.2. The highest BCUT2D eigenvalue weighted by molar-refractivity contribution is 6.00. The number of piperidine rings is 1. The maximum absolute atomic E-state index is 14.3. The number of aliphatic hydroxyl groups excluding tert-OH is 2. The maximum atomic E-state index is 14.3. The molecule has 3 aliphatic heterocycles. The Bertz CT molecular complexity index is 1400. The third-order valence-corrected chi connectivity index (χ3v) is 17.2. The molecule has 16 atom stereocenters. The number of hydrogen-bond acceptors (Lipinski definition) is 9. The Morgan fingerprint density at radius 3 is 2.54 bits per heavy atom. The van der Waals surface area contributed by atoms with E-state index in [0.29, 0.717) is 44.1 Å². The molecule has 50 heavy (non-hydrogen) atoms. The fourth-order valence-electron chi connectivity index (χ4n) is 13.8. The van der Waals surface area contributed by atoms with Gasteiger partial charge in [-0.3, -0.25) is 4.79 Å². The number of allylic oxidation sites excluding steroid dienone is 1. The van der Waals surface area contributed by atoms with E-state index >= 15 is 0 Å². The average molecular weight is 699 g/mol. The molecule has 8 rings (SSSR count). The second-order valence-electron chi connectivity index (χ2n) is 19.8. The number of carbonyl (C=O) groups excluding carboxylic acids is 1. The van der Waals surface area contributed by atoms with Gasteiger partial charge in [0.15, 0.2) is 5.78 Å². The third-order valence-electron chi connectivity index (χ3n) is 17.2. The zero-order chi connectivity index (χ0) is 35.6. The van der Waals surface area contributed by atoms with Crippen molar-refractivity contribution in [1.82, 2.24) is 5.32 Å². The second kappa shape index (κ2) is 12.0. The van der Waals surface area contributed by atoms with E-state index in [1.54, 1.807) is 0 Å². The minimum absolute atomic E-state index is 0.00299. The smallest absolute Gasteiger partial charge is 0.162 e. The molecule has 3 saturated carbocycles. The van der Waals surface area contributed by atoms with Crippen molar-refractivity contribution in [1.29, 1.82) is 0 Å². The van der Waals surface area contributed by atoms with E-state index in [0.717, 1.165) is 81.9 Å². The van der Waals surface area contributed by atoms with Crippen LogP contribution in [0.5, 0.6) is 0 Å². The van der Waals surface area contributed by atoms with Gasteiger partial charge in [0.05, 0.1) is 30.1 Å². The topological polar surface area (TPSA) is 158 Å². The van der Waals surface area contributed by atoms with E-state index in [1.165, 1.54) is 0 Å². The van der Waals surface area contributed by atoms with Crippen molar-refractivity contribution >= 4 is 5.78 Å². The summed E-state index contributed by atoms with van der Waals surface area (Å²) in [5.41, 5.74) is 3.55. The summed E-state index contributed by atoms with van der Waals surface area (Å²) in [6, 6.07) is 0. The van der Waals surface area contributed by atoms with Crippen molar-refractivity contribution in [2.45, 2.75) is 166 Å². The fourth-order valence-corrected chi connectivity index (χ4v) is 13.8. The number of nitrogens with one attached hydrogen (secondary N) is 1.